The number of nitrogens with two attached hydrogens (primary N) is 1. The van der Waals surface area contributed by atoms with E-state index in [1.165, 1.54) is 21.6 Å². The number of carboxylic acids is 1. The molecule has 1 unspecified atom stereocenters. The summed E-state index contributed by atoms with van der Waals surface area (Å²) in [7, 11) is 1.54. The first kappa shape index (κ1) is 12.7. The van der Waals surface area contributed by atoms with Crippen LogP contribution in [0, 0.1) is 0 Å². The number of hydrogen-bond donors (Lipinski definition) is 2. The van der Waals surface area contributed by atoms with Crippen LogP contribution in [0.4, 0.5) is 4.79 Å². The summed E-state index contributed by atoms with van der Waals surface area (Å²) in [5.41, 5.74) is 5.14. The second-order valence-corrected chi connectivity index (χ2v) is 5.40. The van der Waals surface area contributed by atoms with Crippen LogP contribution in [-0.2, 0) is 9.59 Å². The number of carbonyl (C=O) groups excluding carboxylic acids is 2. The summed E-state index contributed by atoms with van der Waals surface area (Å²) in [6, 6.07) is -0.560. The van der Waals surface area contributed by atoms with Gasteiger partial charge >= 0.3 is 12.0 Å². The predicted octanol–water partition coefficient (Wildman–Crippen LogP) is -0.0116. The minimum absolute atomic E-state index is 0.0547. The second kappa shape index (κ2) is 4.52. The van der Waals surface area contributed by atoms with E-state index < -0.39 is 12.0 Å². The van der Waals surface area contributed by atoms with E-state index in [4.69, 9.17) is 10.8 Å². The summed E-state index contributed by atoms with van der Waals surface area (Å²) >= 11 is 1.38. The van der Waals surface area contributed by atoms with Crippen molar-refractivity contribution in [2.24, 2.45) is 5.73 Å². The van der Waals surface area contributed by atoms with Crippen molar-refractivity contribution in [3.8, 4) is 0 Å². The molecule has 0 saturated carbocycles. The molecule has 98 valence electrons. The monoisotopic (exact) mass is 271 g/mol. The molecule has 1 fully saturated rings. The molecule has 0 aromatic carbocycles. The van der Waals surface area contributed by atoms with Gasteiger partial charge < -0.3 is 15.7 Å². The normalized spacial score (nSPS) is 21.7. The zero-order valence-corrected chi connectivity index (χ0v) is 10.6. The highest BCUT2D eigenvalue weighted by Gasteiger charge is 2.48. The van der Waals surface area contributed by atoms with Crippen molar-refractivity contribution in [1.82, 2.24) is 9.80 Å². The molecule has 18 heavy (non-hydrogen) atoms. The van der Waals surface area contributed by atoms with Gasteiger partial charge in [-0.15, -0.1) is 11.8 Å². The molecule has 2 aliphatic heterocycles. The fraction of sp³-hybridized carbons (Fsp3) is 0.500. The Morgan fingerprint density at radius 1 is 1.61 bits per heavy atom. The number of rotatable bonds is 4. The number of aliphatic carboxylic acids is 1. The second-order valence-electron chi connectivity index (χ2n) is 4.13. The van der Waals surface area contributed by atoms with Crippen LogP contribution >= 0.6 is 11.8 Å². The van der Waals surface area contributed by atoms with Crippen LogP contribution in [0.25, 0.3) is 0 Å². The van der Waals surface area contributed by atoms with Gasteiger partial charge in [0.2, 0.25) is 5.91 Å². The summed E-state index contributed by atoms with van der Waals surface area (Å²) in [4.78, 5) is 36.6. The Morgan fingerprint density at radius 3 is 2.78 bits per heavy atom. The molecule has 2 aliphatic rings. The molecular formula is C10H13N3O4S. The average Bonchev–Trinajstić information content (AvgIpc) is 2.58. The lowest BCUT2D eigenvalue weighted by Gasteiger charge is -2.33. The number of carbonyl (C=O) groups is 3. The Hall–Kier alpha value is -1.70. The Labute approximate surface area is 108 Å². The third kappa shape index (κ3) is 2.03. The Morgan fingerprint density at radius 2 is 2.28 bits per heavy atom. The molecule has 2 rings (SSSR count). The molecule has 8 heteroatoms. The van der Waals surface area contributed by atoms with Gasteiger partial charge in [0.25, 0.3) is 0 Å². The van der Waals surface area contributed by atoms with Gasteiger partial charge in [-0.1, -0.05) is 0 Å². The Bertz CT molecular complexity index is 462. The van der Waals surface area contributed by atoms with Crippen molar-refractivity contribution in [1.29, 1.82) is 0 Å². The van der Waals surface area contributed by atoms with Crippen LogP contribution in [0.5, 0.6) is 0 Å². The first-order chi connectivity index (χ1) is 8.41. The van der Waals surface area contributed by atoms with E-state index >= 15 is 0 Å². The molecule has 3 N–H and O–H groups in total. The molecule has 2 heterocycles. The van der Waals surface area contributed by atoms with Gasteiger partial charge in [-0.05, 0) is 6.42 Å². The molecule has 0 aromatic heterocycles. The van der Waals surface area contributed by atoms with E-state index in [-0.39, 0.29) is 17.0 Å². The van der Waals surface area contributed by atoms with Crippen molar-refractivity contribution < 1.29 is 19.5 Å². The number of urea groups is 1. The fourth-order valence-electron chi connectivity index (χ4n) is 1.88. The molecule has 0 spiro atoms. The summed E-state index contributed by atoms with van der Waals surface area (Å²) in [6.45, 7) is 0.337. The third-order valence-electron chi connectivity index (χ3n) is 2.94. The van der Waals surface area contributed by atoms with Gasteiger partial charge in [0.05, 0.1) is 11.8 Å². The summed E-state index contributed by atoms with van der Waals surface area (Å²) in [5.74, 6) is -1.27. The van der Waals surface area contributed by atoms with Crippen molar-refractivity contribution in [2.45, 2.75) is 18.2 Å². The zero-order chi connectivity index (χ0) is 13.4. The minimum Gasteiger partial charge on any atom is -0.477 e. The zero-order valence-electron chi connectivity index (χ0n) is 9.75. The summed E-state index contributed by atoms with van der Waals surface area (Å²) < 4.78 is 0. The Kier molecular flexibility index (Phi) is 3.20. The van der Waals surface area contributed by atoms with E-state index in [1.54, 1.807) is 7.05 Å². The number of fused-ring (bicyclic) bond motifs is 1. The van der Waals surface area contributed by atoms with Crippen LogP contribution in [0.2, 0.25) is 0 Å². The Balaban J connectivity index is 2.09. The van der Waals surface area contributed by atoms with Crippen molar-refractivity contribution >= 4 is 29.7 Å². The third-order valence-corrected chi connectivity index (χ3v) is 4.27. The largest absolute Gasteiger partial charge is 0.477 e. The smallest absolute Gasteiger partial charge is 0.353 e. The van der Waals surface area contributed by atoms with Crippen LogP contribution in [0.1, 0.15) is 12.8 Å². The number of amides is 3. The number of carboxylic acid groups (broad SMARTS) is 1. The lowest BCUT2D eigenvalue weighted by Crippen LogP contribution is -2.48. The van der Waals surface area contributed by atoms with Gasteiger partial charge in [-0.3, -0.25) is 9.69 Å². The van der Waals surface area contributed by atoms with Gasteiger partial charge in [0.1, 0.15) is 5.70 Å². The minimum atomic E-state index is -1.10. The standard InChI is InChI=1S/C10H13N3O4S/c1-12(10(11)17)3-2-5-8(9(15)16)13-6(14)4-7(13)18-5/h7H,2-4H2,1H3,(H2,11,17)(H,15,16). The molecule has 1 saturated heterocycles. The highest BCUT2D eigenvalue weighted by atomic mass is 32.2. The molecule has 0 aliphatic carbocycles. The SMILES string of the molecule is CN(CCC1=C(C(=O)O)N2C(=O)CC2S1)C(N)=O. The molecule has 3 amide bonds. The van der Waals surface area contributed by atoms with E-state index in [1.807, 2.05) is 0 Å². The number of nitrogens with zero attached hydrogens (tertiary/aromatic N) is 2. The molecule has 1 atom stereocenters. The highest BCUT2D eigenvalue weighted by Crippen LogP contribution is 2.47. The van der Waals surface area contributed by atoms with Crippen molar-refractivity contribution in [2.75, 3.05) is 13.6 Å². The number of hydrogen-bond acceptors (Lipinski definition) is 4. The first-order valence-electron chi connectivity index (χ1n) is 5.37. The van der Waals surface area contributed by atoms with Crippen LogP contribution in [0.3, 0.4) is 0 Å². The van der Waals surface area contributed by atoms with E-state index in [0.717, 1.165) is 0 Å². The van der Waals surface area contributed by atoms with E-state index in [0.29, 0.717) is 24.3 Å². The number of β-lactam (4-membered cyclic amide) rings is 1. The maximum absolute atomic E-state index is 11.3. The lowest BCUT2D eigenvalue weighted by atomic mass is 10.1. The molecule has 0 aromatic rings. The quantitative estimate of drug-likeness (QED) is 0.700. The molecule has 0 bridgehead atoms. The maximum atomic E-state index is 11.3. The number of thioether (sulfide) groups is 1. The van der Waals surface area contributed by atoms with Crippen LogP contribution in [-0.4, -0.2) is 51.8 Å². The van der Waals surface area contributed by atoms with Gasteiger partial charge in [0, 0.05) is 18.5 Å². The van der Waals surface area contributed by atoms with Gasteiger partial charge in [-0.25, -0.2) is 9.59 Å². The van der Waals surface area contributed by atoms with Crippen LogP contribution < -0.4 is 5.73 Å². The highest BCUT2D eigenvalue weighted by molar-refractivity contribution is 8.04. The predicted molar refractivity (Wildman–Crippen MR) is 64.3 cm³/mol. The molecule has 7 nitrogen and oxygen atoms in total. The molecule has 0 radical (unpaired) electrons. The summed E-state index contributed by atoms with van der Waals surface area (Å²) in [5, 5.41) is 9.04. The topological polar surface area (TPSA) is 104 Å². The summed E-state index contributed by atoms with van der Waals surface area (Å²) in [6.07, 6.45) is 0.766. The molecular weight excluding hydrogens is 258 g/mol. The number of primary amides is 1. The van der Waals surface area contributed by atoms with E-state index in [2.05, 4.69) is 0 Å². The van der Waals surface area contributed by atoms with Crippen molar-refractivity contribution in [3.63, 3.8) is 0 Å². The van der Waals surface area contributed by atoms with Gasteiger partial charge in [-0.2, -0.15) is 0 Å². The fourth-order valence-corrected chi connectivity index (χ4v) is 3.27. The van der Waals surface area contributed by atoms with E-state index in [9.17, 15) is 14.4 Å². The maximum Gasteiger partial charge on any atom is 0.353 e. The van der Waals surface area contributed by atoms with Gasteiger partial charge in [0.15, 0.2) is 0 Å². The average molecular weight is 271 g/mol. The first-order valence-corrected chi connectivity index (χ1v) is 6.25. The lowest BCUT2D eigenvalue weighted by molar-refractivity contribution is -0.145. The van der Waals surface area contributed by atoms with Crippen LogP contribution in [0.15, 0.2) is 10.6 Å². The van der Waals surface area contributed by atoms with Crippen molar-refractivity contribution in [3.05, 3.63) is 10.6 Å².